The van der Waals surface area contributed by atoms with Crippen LogP contribution in [0, 0.1) is 26.6 Å². The van der Waals surface area contributed by atoms with E-state index in [4.69, 9.17) is 21.9 Å². The Bertz CT molecular complexity index is 1360. The molecule has 4 rings (SSSR count). The Balaban J connectivity index is 0.000000391. The van der Waals surface area contributed by atoms with Gasteiger partial charge in [0.25, 0.3) is 0 Å². The molecular weight excluding hydrogens is 530 g/mol. The minimum atomic E-state index is -4.79. The molecule has 0 spiro atoms. The second-order valence-corrected chi connectivity index (χ2v) is 9.05. The summed E-state index contributed by atoms with van der Waals surface area (Å²) >= 11 is 0. The van der Waals surface area contributed by atoms with Gasteiger partial charge >= 0.3 is 6.18 Å². The summed E-state index contributed by atoms with van der Waals surface area (Å²) in [6.45, 7) is 9.30. The standard InChI is InChI=1S/C18H17F4N5O.C7H14N2O.C2H6/c1-6-7(2)26-16(24)12-11(6)14(19)15(27-17(12)28-4)9-5-10(23)25-8(3)13(9)18(20,21)22;8-7(10)6-4-2-1-3-5-9-6;1-2/h5H,1-4H3,(H2,23,25)(H2,24,26);6,9H,1-5H2,(H2,8,10);1-2H3. The van der Waals surface area contributed by atoms with Crippen molar-refractivity contribution in [3.05, 3.63) is 34.4 Å². The van der Waals surface area contributed by atoms with Crippen molar-refractivity contribution in [2.75, 3.05) is 25.1 Å². The average Bonchev–Trinajstić information content (AvgIpc) is 3.17. The zero-order valence-electron chi connectivity index (χ0n) is 23.6. The zero-order valence-corrected chi connectivity index (χ0v) is 23.6. The first kappa shape index (κ1) is 32.5. The van der Waals surface area contributed by atoms with Crippen molar-refractivity contribution in [1.29, 1.82) is 0 Å². The maximum atomic E-state index is 15.5. The van der Waals surface area contributed by atoms with Gasteiger partial charge in [-0.2, -0.15) is 13.2 Å². The first-order chi connectivity index (χ1) is 18.8. The van der Waals surface area contributed by atoms with Gasteiger partial charge in [0.15, 0.2) is 5.82 Å². The fraction of sp³-hybridized carbons (Fsp3) is 0.481. The number of hydrogen-bond acceptors (Lipinski definition) is 8. The quantitative estimate of drug-likeness (QED) is 0.323. The number of nitrogens with zero attached hydrogens (tertiary/aromatic N) is 3. The van der Waals surface area contributed by atoms with Crippen LogP contribution in [-0.4, -0.2) is 40.6 Å². The topological polar surface area (TPSA) is 155 Å². The van der Waals surface area contributed by atoms with Gasteiger partial charge in [-0.1, -0.05) is 26.7 Å². The summed E-state index contributed by atoms with van der Waals surface area (Å²) in [5.41, 5.74) is 14.9. The Morgan fingerprint density at radius 1 is 1.02 bits per heavy atom. The molecule has 3 aromatic rings. The van der Waals surface area contributed by atoms with Crippen molar-refractivity contribution in [3.8, 4) is 17.1 Å². The number of nitrogens with one attached hydrogen (secondary N) is 1. The lowest BCUT2D eigenvalue weighted by atomic mass is 9.98. The number of carbonyl (C=O) groups is 1. The van der Waals surface area contributed by atoms with Crippen LogP contribution in [0.1, 0.15) is 62.0 Å². The molecule has 1 aliphatic rings. The number of alkyl halides is 3. The Hall–Kier alpha value is -3.74. The number of methoxy groups -OCH3 is 1. The van der Waals surface area contributed by atoms with Crippen LogP contribution < -0.4 is 27.3 Å². The Kier molecular flexibility index (Phi) is 11.0. The summed E-state index contributed by atoms with van der Waals surface area (Å²) in [7, 11) is 1.26. The maximum absolute atomic E-state index is 15.5. The molecule has 1 fully saturated rings. The van der Waals surface area contributed by atoms with Gasteiger partial charge in [-0.05, 0) is 51.8 Å². The number of fused-ring (bicyclic) bond motifs is 1. The monoisotopic (exact) mass is 567 g/mol. The van der Waals surface area contributed by atoms with E-state index < -0.39 is 28.8 Å². The van der Waals surface area contributed by atoms with Crippen LogP contribution in [0.25, 0.3) is 22.0 Å². The van der Waals surface area contributed by atoms with Crippen LogP contribution in [0.5, 0.6) is 5.88 Å². The summed E-state index contributed by atoms with van der Waals surface area (Å²) in [5.74, 6) is -1.54. The molecule has 1 atom stereocenters. The van der Waals surface area contributed by atoms with Gasteiger partial charge in [-0.3, -0.25) is 4.79 Å². The summed E-state index contributed by atoms with van der Waals surface area (Å²) in [6, 6.07) is 0.877. The van der Waals surface area contributed by atoms with Crippen molar-refractivity contribution in [2.45, 2.75) is 72.5 Å². The highest BCUT2D eigenvalue weighted by atomic mass is 19.4. The first-order valence-electron chi connectivity index (χ1n) is 12.9. The molecule has 0 aromatic carbocycles. The lowest BCUT2D eigenvalue weighted by Gasteiger charge is -2.18. The van der Waals surface area contributed by atoms with Crippen molar-refractivity contribution >= 4 is 28.3 Å². The van der Waals surface area contributed by atoms with E-state index in [0.717, 1.165) is 32.4 Å². The van der Waals surface area contributed by atoms with Gasteiger partial charge in [0.1, 0.15) is 17.3 Å². The lowest BCUT2D eigenvalue weighted by molar-refractivity contribution is -0.137. The molecule has 1 amide bonds. The van der Waals surface area contributed by atoms with E-state index in [2.05, 4.69) is 20.3 Å². The smallest absolute Gasteiger partial charge is 0.418 e. The van der Waals surface area contributed by atoms with Gasteiger partial charge in [-0.15, -0.1) is 0 Å². The van der Waals surface area contributed by atoms with E-state index in [0.29, 0.717) is 11.3 Å². The predicted octanol–water partition coefficient (Wildman–Crippen LogP) is 4.98. The Morgan fingerprint density at radius 2 is 1.68 bits per heavy atom. The predicted molar refractivity (Wildman–Crippen MR) is 148 cm³/mol. The fourth-order valence-corrected chi connectivity index (χ4v) is 4.47. The number of amides is 1. The van der Waals surface area contributed by atoms with E-state index in [9.17, 15) is 18.0 Å². The molecule has 1 saturated heterocycles. The van der Waals surface area contributed by atoms with E-state index >= 15 is 4.39 Å². The molecular formula is C27H37F4N7O2. The first-order valence-corrected chi connectivity index (χ1v) is 12.9. The van der Waals surface area contributed by atoms with Crippen LogP contribution in [0.4, 0.5) is 29.2 Å². The van der Waals surface area contributed by atoms with Gasteiger partial charge in [0.05, 0.1) is 29.8 Å². The lowest BCUT2D eigenvalue weighted by Crippen LogP contribution is -2.40. The third-order valence-corrected chi connectivity index (χ3v) is 6.42. The van der Waals surface area contributed by atoms with Crippen molar-refractivity contribution < 1.29 is 27.1 Å². The molecule has 7 N–H and O–H groups in total. The molecule has 1 unspecified atom stereocenters. The molecule has 220 valence electrons. The highest BCUT2D eigenvalue weighted by Crippen LogP contribution is 2.43. The van der Waals surface area contributed by atoms with Crippen molar-refractivity contribution in [1.82, 2.24) is 20.3 Å². The Labute approximate surface area is 230 Å². The normalized spacial score (nSPS) is 15.3. The van der Waals surface area contributed by atoms with Gasteiger partial charge in [0, 0.05) is 16.6 Å². The van der Waals surface area contributed by atoms with E-state index in [1.165, 1.54) is 20.0 Å². The highest BCUT2D eigenvalue weighted by Gasteiger charge is 2.38. The maximum Gasteiger partial charge on any atom is 0.418 e. The zero-order chi connectivity index (χ0) is 30.4. The summed E-state index contributed by atoms with van der Waals surface area (Å²) in [4.78, 5) is 22.4. The number of hydrogen-bond donors (Lipinski definition) is 4. The summed E-state index contributed by atoms with van der Waals surface area (Å²) < 4.78 is 61.7. The molecule has 40 heavy (non-hydrogen) atoms. The van der Waals surface area contributed by atoms with E-state index in [1.54, 1.807) is 13.8 Å². The highest BCUT2D eigenvalue weighted by molar-refractivity contribution is 6.00. The number of rotatable bonds is 3. The molecule has 4 heterocycles. The average molecular weight is 568 g/mol. The Morgan fingerprint density at radius 3 is 2.25 bits per heavy atom. The molecule has 0 saturated carbocycles. The molecule has 0 bridgehead atoms. The number of halogens is 4. The molecule has 3 aromatic heterocycles. The number of primary amides is 1. The van der Waals surface area contributed by atoms with E-state index in [-0.39, 0.29) is 45.9 Å². The number of ether oxygens (including phenoxy) is 1. The SMILES string of the molecule is CC.COc1nc(-c2cc(N)nc(C)c2C(F)(F)F)c(F)c2c(C)c(C)nc(N)c12.NC(=O)C1CCCCCN1. The van der Waals surface area contributed by atoms with Crippen LogP contribution in [0.15, 0.2) is 6.07 Å². The number of nitrogen functional groups attached to an aromatic ring is 2. The minimum Gasteiger partial charge on any atom is -0.480 e. The summed E-state index contributed by atoms with van der Waals surface area (Å²) in [5, 5.41) is 3.20. The number of aryl methyl sites for hydroxylation is 3. The third-order valence-electron chi connectivity index (χ3n) is 6.42. The van der Waals surface area contributed by atoms with Crippen LogP contribution in [-0.2, 0) is 11.0 Å². The molecule has 13 heteroatoms. The van der Waals surface area contributed by atoms with Gasteiger partial charge in [-0.25, -0.2) is 19.3 Å². The minimum absolute atomic E-state index is 0.00647. The van der Waals surface area contributed by atoms with Gasteiger partial charge < -0.3 is 27.3 Å². The van der Waals surface area contributed by atoms with Gasteiger partial charge in [0.2, 0.25) is 11.8 Å². The number of carbonyl (C=O) groups excluding carboxylic acids is 1. The van der Waals surface area contributed by atoms with Crippen LogP contribution in [0.3, 0.4) is 0 Å². The van der Waals surface area contributed by atoms with Crippen molar-refractivity contribution in [2.24, 2.45) is 5.73 Å². The second-order valence-electron chi connectivity index (χ2n) is 9.05. The largest absolute Gasteiger partial charge is 0.480 e. The number of aromatic nitrogens is 3. The molecule has 0 aliphatic carbocycles. The number of anilines is 2. The number of nitrogens with two attached hydrogens (primary N) is 3. The van der Waals surface area contributed by atoms with E-state index in [1.807, 2.05) is 13.8 Å². The van der Waals surface area contributed by atoms with Crippen molar-refractivity contribution in [3.63, 3.8) is 0 Å². The van der Waals surface area contributed by atoms with Crippen LogP contribution >= 0.6 is 0 Å². The molecule has 1 aliphatic heterocycles. The second kappa shape index (κ2) is 13.6. The summed E-state index contributed by atoms with van der Waals surface area (Å²) in [6.07, 6.45) is -0.366. The van der Waals surface area contributed by atoms with Crippen LogP contribution in [0.2, 0.25) is 0 Å². The fourth-order valence-electron chi connectivity index (χ4n) is 4.47. The number of pyridine rings is 3. The molecule has 9 nitrogen and oxygen atoms in total. The third kappa shape index (κ3) is 7.06. The molecule has 0 radical (unpaired) electrons.